The van der Waals surface area contributed by atoms with Gasteiger partial charge in [0.1, 0.15) is 6.61 Å². The first kappa shape index (κ1) is 13.1. The summed E-state index contributed by atoms with van der Waals surface area (Å²) in [6.07, 6.45) is 1.98. The first-order chi connectivity index (χ1) is 8.70. The minimum atomic E-state index is -0.456. The van der Waals surface area contributed by atoms with Crippen LogP contribution in [-0.4, -0.2) is 24.2 Å². The van der Waals surface area contributed by atoms with Gasteiger partial charge >= 0.3 is 5.69 Å². The monoisotopic (exact) mass is 271 g/mol. The standard InChI is InChI=1S/C12H14ClNO4/c13-7-9-3-4-11(14(15)16)12(6-9)18-8-10-2-1-5-17-10/h3-4,6,10H,1-2,5,7-8H2. The van der Waals surface area contributed by atoms with E-state index in [1.54, 1.807) is 12.1 Å². The summed E-state index contributed by atoms with van der Waals surface area (Å²) in [6.45, 7) is 1.07. The van der Waals surface area contributed by atoms with Crippen molar-refractivity contribution >= 4 is 17.3 Å². The zero-order valence-corrected chi connectivity index (χ0v) is 10.6. The minimum Gasteiger partial charge on any atom is -0.484 e. The molecule has 0 radical (unpaired) electrons. The van der Waals surface area contributed by atoms with E-state index in [9.17, 15) is 10.1 Å². The van der Waals surface area contributed by atoms with Crippen molar-refractivity contribution in [1.82, 2.24) is 0 Å². The van der Waals surface area contributed by atoms with Gasteiger partial charge in [0, 0.05) is 18.6 Å². The Hall–Kier alpha value is -1.33. The highest BCUT2D eigenvalue weighted by atomic mass is 35.5. The van der Waals surface area contributed by atoms with Gasteiger partial charge in [0.25, 0.3) is 0 Å². The maximum Gasteiger partial charge on any atom is 0.310 e. The van der Waals surface area contributed by atoms with Crippen LogP contribution in [0.1, 0.15) is 18.4 Å². The molecule has 2 rings (SSSR count). The predicted octanol–water partition coefficient (Wildman–Crippen LogP) is 2.89. The molecule has 6 heteroatoms. The summed E-state index contributed by atoms with van der Waals surface area (Å²) >= 11 is 5.71. The van der Waals surface area contributed by atoms with E-state index in [4.69, 9.17) is 21.1 Å². The quantitative estimate of drug-likeness (QED) is 0.469. The van der Waals surface area contributed by atoms with E-state index in [1.807, 2.05) is 0 Å². The number of alkyl halides is 1. The molecular weight excluding hydrogens is 258 g/mol. The topological polar surface area (TPSA) is 61.6 Å². The van der Waals surface area contributed by atoms with Crippen LogP contribution < -0.4 is 4.74 Å². The molecule has 1 aromatic carbocycles. The molecule has 5 nitrogen and oxygen atoms in total. The molecule has 0 N–H and O–H groups in total. The third kappa shape index (κ3) is 3.11. The van der Waals surface area contributed by atoms with Gasteiger partial charge < -0.3 is 9.47 Å². The van der Waals surface area contributed by atoms with Crippen molar-refractivity contribution in [2.75, 3.05) is 13.2 Å². The maximum absolute atomic E-state index is 10.9. The summed E-state index contributed by atoms with van der Waals surface area (Å²) in [5.41, 5.74) is 0.756. The van der Waals surface area contributed by atoms with Gasteiger partial charge in [-0.25, -0.2) is 0 Å². The molecule has 1 heterocycles. The Labute approximate surface area is 110 Å². The number of nitro benzene ring substituents is 1. The van der Waals surface area contributed by atoms with E-state index in [2.05, 4.69) is 0 Å². The van der Waals surface area contributed by atoms with Crippen molar-refractivity contribution in [3.63, 3.8) is 0 Å². The van der Waals surface area contributed by atoms with Crippen LogP contribution >= 0.6 is 11.6 Å². The second-order valence-corrected chi connectivity index (χ2v) is 4.41. The highest BCUT2D eigenvalue weighted by molar-refractivity contribution is 6.17. The van der Waals surface area contributed by atoms with Crippen LogP contribution in [0.3, 0.4) is 0 Å². The Morgan fingerprint density at radius 2 is 2.39 bits per heavy atom. The van der Waals surface area contributed by atoms with E-state index < -0.39 is 4.92 Å². The molecule has 0 aromatic heterocycles. The lowest BCUT2D eigenvalue weighted by Crippen LogP contribution is -2.16. The second kappa shape index (κ2) is 6.02. The molecule has 0 spiro atoms. The number of hydrogen-bond acceptors (Lipinski definition) is 4. The van der Waals surface area contributed by atoms with Crippen LogP contribution in [0.4, 0.5) is 5.69 Å². The average Bonchev–Trinajstić information content (AvgIpc) is 2.88. The maximum atomic E-state index is 10.9. The molecule has 1 saturated heterocycles. The number of hydrogen-bond donors (Lipinski definition) is 0. The summed E-state index contributed by atoms with van der Waals surface area (Å²) in [5, 5.41) is 10.9. The zero-order valence-electron chi connectivity index (χ0n) is 9.80. The Kier molecular flexibility index (Phi) is 4.38. The van der Waals surface area contributed by atoms with E-state index in [1.165, 1.54) is 6.07 Å². The van der Waals surface area contributed by atoms with Gasteiger partial charge in [0.05, 0.1) is 11.0 Å². The molecule has 1 unspecified atom stereocenters. The Bertz CT molecular complexity index is 432. The molecule has 1 atom stereocenters. The van der Waals surface area contributed by atoms with Crippen LogP contribution in [0.25, 0.3) is 0 Å². The molecule has 98 valence electrons. The largest absolute Gasteiger partial charge is 0.484 e. The van der Waals surface area contributed by atoms with E-state index in [-0.39, 0.29) is 17.5 Å². The smallest absolute Gasteiger partial charge is 0.310 e. The predicted molar refractivity (Wildman–Crippen MR) is 67.1 cm³/mol. The van der Waals surface area contributed by atoms with Gasteiger partial charge in [-0.1, -0.05) is 6.07 Å². The molecule has 1 fully saturated rings. The first-order valence-electron chi connectivity index (χ1n) is 5.78. The molecule has 0 bridgehead atoms. The van der Waals surface area contributed by atoms with E-state index in [0.29, 0.717) is 12.5 Å². The number of ether oxygens (including phenoxy) is 2. The fourth-order valence-electron chi connectivity index (χ4n) is 1.87. The lowest BCUT2D eigenvalue weighted by molar-refractivity contribution is -0.385. The van der Waals surface area contributed by atoms with Gasteiger partial charge in [0.15, 0.2) is 5.75 Å². The van der Waals surface area contributed by atoms with E-state index in [0.717, 1.165) is 25.0 Å². The molecule has 1 aliphatic rings. The third-order valence-electron chi connectivity index (χ3n) is 2.82. The normalized spacial score (nSPS) is 18.8. The van der Waals surface area contributed by atoms with Crippen LogP contribution in [0, 0.1) is 10.1 Å². The summed E-state index contributed by atoms with van der Waals surface area (Å²) in [4.78, 5) is 10.4. The van der Waals surface area contributed by atoms with Crippen molar-refractivity contribution in [1.29, 1.82) is 0 Å². The minimum absolute atomic E-state index is 0.0317. The number of nitrogens with zero attached hydrogens (tertiary/aromatic N) is 1. The molecule has 0 amide bonds. The molecule has 1 aliphatic heterocycles. The summed E-state index contributed by atoms with van der Waals surface area (Å²) in [7, 11) is 0. The van der Waals surface area contributed by atoms with Gasteiger partial charge in [0.2, 0.25) is 0 Å². The Morgan fingerprint density at radius 3 is 3.00 bits per heavy atom. The number of benzene rings is 1. The molecule has 18 heavy (non-hydrogen) atoms. The van der Waals surface area contributed by atoms with Gasteiger partial charge in [-0.2, -0.15) is 0 Å². The summed E-state index contributed by atoms with van der Waals surface area (Å²) in [6, 6.07) is 4.66. The van der Waals surface area contributed by atoms with Crippen LogP contribution in [-0.2, 0) is 10.6 Å². The van der Waals surface area contributed by atoms with Gasteiger partial charge in [-0.05, 0) is 24.5 Å². The van der Waals surface area contributed by atoms with Crippen LogP contribution in [0.2, 0.25) is 0 Å². The molecule has 0 aliphatic carbocycles. The Morgan fingerprint density at radius 1 is 1.56 bits per heavy atom. The fourth-order valence-corrected chi connectivity index (χ4v) is 2.03. The van der Waals surface area contributed by atoms with Gasteiger partial charge in [-0.3, -0.25) is 10.1 Å². The molecular formula is C12H14ClNO4. The molecule has 0 saturated carbocycles. The highest BCUT2D eigenvalue weighted by Gasteiger charge is 2.20. The SMILES string of the molecule is O=[N+]([O-])c1ccc(CCl)cc1OCC1CCCO1. The zero-order chi connectivity index (χ0) is 13.0. The summed E-state index contributed by atoms with van der Waals surface area (Å²) in [5.74, 6) is 0.558. The highest BCUT2D eigenvalue weighted by Crippen LogP contribution is 2.29. The van der Waals surface area contributed by atoms with Gasteiger partial charge in [-0.15, -0.1) is 11.6 Å². The second-order valence-electron chi connectivity index (χ2n) is 4.14. The van der Waals surface area contributed by atoms with Crippen LogP contribution in [0.15, 0.2) is 18.2 Å². The lowest BCUT2D eigenvalue weighted by Gasteiger charge is -2.12. The van der Waals surface area contributed by atoms with E-state index >= 15 is 0 Å². The fraction of sp³-hybridized carbons (Fsp3) is 0.500. The number of halogens is 1. The lowest BCUT2D eigenvalue weighted by atomic mass is 10.2. The summed E-state index contributed by atoms with van der Waals surface area (Å²) < 4.78 is 10.9. The average molecular weight is 272 g/mol. The van der Waals surface area contributed by atoms with Crippen molar-refractivity contribution in [2.45, 2.75) is 24.8 Å². The number of rotatable bonds is 5. The third-order valence-corrected chi connectivity index (χ3v) is 3.13. The van der Waals surface area contributed by atoms with Crippen molar-refractivity contribution in [3.05, 3.63) is 33.9 Å². The first-order valence-corrected chi connectivity index (χ1v) is 6.32. The Balaban J connectivity index is 2.10. The van der Waals surface area contributed by atoms with Crippen molar-refractivity contribution < 1.29 is 14.4 Å². The molecule has 1 aromatic rings. The van der Waals surface area contributed by atoms with Crippen molar-refractivity contribution in [2.24, 2.45) is 0 Å². The van der Waals surface area contributed by atoms with Crippen LogP contribution in [0.5, 0.6) is 5.75 Å². The van der Waals surface area contributed by atoms with Crippen molar-refractivity contribution in [3.8, 4) is 5.75 Å². The number of nitro groups is 1.